The molecule has 3 aliphatic rings. The van der Waals surface area contributed by atoms with Gasteiger partial charge in [-0.05, 0) is 27.2 Å². The Labute approximate surface area is 199 Å². The second-order valence-corrected chi connectivity index (χ2v) is 11.3. The van der Waals surface area contributed by atoms with E-state index >= 15 is 0 Å². The molecule has 0 saturated carbocycles. The maximum Gasteiger partial charge on any atom is 0.152 e. The average molecular weight is 477 g/mol. The zero-order chi connectivity index (χ0) is 24.0. The van der Waals surface area contributed by atoms with Gasteiger partial charge in [-0.15, -0.1) is 0 Å². The van der Waals surface area contributed by atoms with E-state index in [-0.39, 0.29) is 23.7 Å². The van der Waals surface area contributed by atoms with Crippen molar-refractivity contribution in [1.82, 2.24) is 0 Å². The number of nitrogens with one attached hydrogen (secondary N) is 3. The van der Waals surface area contributed by atoms with Gasteiger partial charge < -0.3 is 44.2 Å². The van der Waals surface area contributed by atoms with E-state index in [1.165, 1.54) is 14.7 Å². The van der Waals surface area contributed by atoms with Gasteiger partial charge >= 0.3 is 0 Å². The van der Waals surface area contributed by atoms with Crippen molar-refractivity contribution in [1.29, 1.82) is 0 Å². The van der Waals surface area contributed by atoms with E-state index in [1.54, 1.807) is 0 Å². The SMILES string of the molecule is CCC(COCC(C)[NH+]1CC(O)C1)(COCC(C)[NH+]1CC(O)C1)COCC(C)[NH+]1CC(O)C1. The Bertz CT molecular complexity index is 492. The third-order valence-electron chi connectivity index (χ3n) is 8.16. The summed E-state index contributed by atoms with van der Waals surface area (Å²) in [5.41, 5.74) is -0.198. The smallest absolute Gasteiger partial charge is 0.152 e. The predicted octanol–water partition coefficient (Wildman–Crippen LogP) is -4.62. The van der Waals surface area contributed by atoms with E-state index in [0.717, 1.165) is 45.7 Å². The predicted molar refractivity (Wildman–Crippen MR) is 124 cm³/mol. The zero-order valence-electron chi connectivity index (χ0n) is 21.2. The standard InChI is InChI=1S/C24H47N3O6/c1-5-24(15-31-12-18(2)25-6-21(28)7-25,16-32-13-19(3)26-8-22(29)9-26)17-33-14-20(4)27-10-23(30)11-27/h18-23,28-30H,5-17H2,1-4H3/p+3. The van der Waals surface area contributed by atoms with Crippen molar-refractivity contribution in [3.63, 3.8) is 0 Å². The number of hydrogen-bond donors (Lipinski definition) is 6. The van der Waals surface area contributed by atoms with Gasteiger partial charge in [0.1, 0.15) is 57.4 Å². The van der Waals surface area contributed by atoms with E-state index in [9.17, 15) is 15.3 Å². The van der Waals surface area contributed by atoms with Crippen LogP contribution in [0.4, 0.5) is 0 Å². The minimum atomic E-state index is -0.198. The summed E-state index contributed by atoms with van der Waals surface area (Å²) in [5, 5.41) is 28.7. The van der Waals surface area contributed by atoms with E-state index in [2.05, 4.69) is 27.7 Å². The summed E-state index contributed by atoms with van der Waals surface area (Å²) in [6.07, 6.45) is 0.427. The summed E-state index contributed by atoms with van der Waals surface area (Å²) in [4.78, 5) is 4.21. The first-order valence-corrected chi connectivity index (χ1v) is 13.0. The number of aliphatic hydroxyl groups excluding tert-OH is 3. The van der Waals surface area contributed by atoms with Gasteiger partial charge in [-0.3, -0.25) is 0 Å². The summed E-state index contributed by atoms with van der Waals surface area (Å²) in [5.74, 6) is 0. The average Bonchev–Trinajstić information content (AvgIpc) is 2.71. The summed E-state index contributed by atoms with van der Waals surface area (Å²) in [6, 6.07) is 1.10. The molecular formula is C24H50N3O6+3. The van der Waals surface area contributed by atoms with Crippen LogP contribution in [0, 0.1) is 5.41 Å². The molecule has 0 bridgehead atoms. The van der Waals surface area contributed by atoms with Crippen LogP contribution in [0.5, 0.6) is 0 Å². The van der Waals surface area contributed by atoms with Gasteiger partial charge in [0, 0.05) is 5.41 Å². The highest BCUT2D eigenvalue weighted by Gasteiger charge is 2.37. The minimum Gasteiger partial charge on any atom is -0.382 e. The fourth-order valence-corrected chi connectivity index (χ4v) is 4.99. The first-order chi connectivity index (χ1) is 15.7. The lowest BCUT2D eigenvalue weighted by Crippen LogP contribution is -3.24. The van der Waals surface area contributed by atoms with Crippen LogP contribution in [0.15, 0.2) is 0 Å². The molecule has 33 heavy (non-hydrogen) atoms. The fourth-order valence-electron chi connectivity index (χ4n) is 4.99. The molecule has 3 heterocycles. The van der Waals surface area contributed by atoms with Crippen molar-refractivity contribution < 1.29 is 44.2 Å². The second-order valence-electron chi connectivity index (χ2n) is 11.3. The molecule has 3 atom stereocenters. The largest absolute Gasteiger partial charge is 0.382 e. The maximum atomic E-state index is 9.57. The monoisotopic (exact) mass is 476 g/mol. The van der Waals surface area contributed by atoms with E-state index in [4.69, 9.17) is 14.2 Å². The highest BCUT2D eigenvalue weighted by Crippen LogP contribution is 2.24. The molecule has 0 amide bonds. The molecule has 194 valence electrons. The first kappa shape index (κ1) is 27.2. The molecule has 0 aromatic carbocycles. The van der Waals surface area contributed by atoms with Crippen LogP contribution in [-0.4, -0.2) is 131 Å². The van der Waals surface area contributed by atoms with Gasteiger partial charge in [-0.1, -0.05) is 6.92 Å². The van der Waals surface area contributed by atoms with Gasteiger partial charge in [0.05, 0.1) is 39.6 Å². The van der Waals surface area contributed by atoms with Gasteiger partial charge in [-0.25, -0.2) is 0 Å². The Kier molecular flexibility index (Phi) is 10.4. The van der Waals surface area contributed by atoms with Gasteiger partial charge in [0.15, 0.2) is 18.3 Å². The Morgan fingerprint density at radius 3 is 1.12 bits per heavy atom. The Hall–Kier alpha value is -0.360. The van der Waals surface area contributed by atoms with Crippen LogP contribution in [0.2, 0.25) is 0 Å². The van der Waals surface area contributed by atoms with Crippen molar-refractivity contribution >= 4 is 0 Å². The number of hydrogen-bond acceptors (Lipinski definition) is 6. The number of likely N-dealkylation sites (tertiary alicyclic amines) is 3. The lowest BCUT2D eigenvalue weighted by molar-refractivity contribution is -0.970. The van der Waals surface area contributed by atoms with Gasteiger partial charge in [-0.2, -0.15) is 0 Å². The Morgan fingerprint density at radius 2 is 0.909 bits per heavy atom. The van der Waals surface area contributed by atoms with E-state index in [0.29, 0.717) is 57.8 Å². The summed E-state index contributed by atoms with van der Waals surface area (Å²) in [7, 11) is 0. The minimum absolute atomic E-state index is 0.160. The molecule has 0 aromatic rings. The van der Waals surface area contributed by atoms with Crippen molar-refractivity contribution in [3.8, 4) is 0 Å². The number of ether oxygens (including phenoxy) is 3. The lowest BCUT2D eigenvalue weighted by atomic mass is 9.88. The molecule has 3 rings (SSSR count). The molecule has 3 fully saturated rings. The second kappa shape index (κ2) is 12.6. The fraction of sp³-hybridized carbons (Fsp3) is 1.00. The number of aliphatic hydroxyl groups is 3. The van der Waals surface area contributed by atoms with Crippen LogP contribution in [0.3, 0.4) is 0 Å². The number of quaternary nitrogens is 3. The molecule has 3 unspecified atom stereocenters. The van der Waals surface area contributed by atoms with Crippen LogP contribution < -0.4 is 14.7 Å². The maximum absolute atomic E-state index is 9.57. The Morgan fingerprint density at radius 1 is 0.636 bits per heavy atom. The third-order valence-corrected chi connectivity index (χ3v) is 8.16. The molecule has 3 aliphatic heterocycles. The molecule has 0 spiro atoms. The zero-order valence-corrected chi connectivity index (χ0v) is 21.2. The lowest BCUT2D eigenvalue weighted by Gasteiger charge is -2.39. The van der Waals surface area contributed by atoms with Gasteiger partial charge in [0.25, 0.3) is 0 Å². The summed E-state index contributed by atoms with van der Waals surface area (Å²) < 4.78 is 18.6. The molecule has 0 radical (unpaired) electrons. The molecule has 6 N–H and O–H groups in total. The third kappa shape index (κ3) is 7.81. The van der Waals surface area contributed by atoms with E-state index in [1.807, 2.05) is 0 Å². The Balaban J connectivity index is 1.45. The van der Waals surface area contributed by atoms with Crippen molar-refractivity contribution in [2.45, 2.75) is 70.6 Å². The van der Waals surface area contributed by atoms with Gasteiger partial charge in [0.2, 0.25) is 0 Å². The first-order valence-electron chi connectivity index (χ1n) is 13.0. The highest BCUT2D eigenvalue weighted by atomic mass is 16.5. The van der Waals surface area contributed by atoms with Crippen molar-refractivity contribution in [2.75, 3.05) is 78.9 Å². The highest BCUT2D eigenvalue weighted by molar-refractivity contribution is 4.79. The topological polar surface area (TPSA) is 102 Å². The van der Waals surface area contributed by atoms with Crippen LogP contribution in [-0.2, 0) is 14.2 Å². The summed E-state index contributed by atoms with van der Waals surface area (Å²) in [6.45, 7) is 17.4. The van der Waals surface area contributed by atoms with Crippen LogP contribution >= 0.6 is 0 Å². The van der Waals surface area contributed by atoms with Crippen molar-refractivity contribution in [3.05, 3.63) is 0 Å². The van der Waals surface area contributed by atoms with Crippen LogP contribution in [0.1, 0.15) is 34.1 Å². The quantitative estimate of drug-likeness (QED) is 0.134. The summed E-state index contributed by atoms with van der Waals surface area (Å²) >= 11 is 0. The van der Waals surface area contributed by atoms with Crippen molar-refractivity contribution in [2.24, 2.45) is 5.41 Å². The molecule has 9 nitrogen and oxygen atoms in total. The molecule has 0 aromatic heterocycles. The molecular weight excluding hydrogens is 426 g/mol. The molecule has 3 saturated heterocycles. The number of rotatable bonds is 16. The molecule has 0 aliphatic carbocycles. The normalized spacial score (nSPS) is 36.1. The molecule has 9 heteroatoms. The van der Waals surface area contributed by atoms with E-state index < -0.39 is 0 Å². The van der Waals surface area contributed by atoms with Crippen LogP contribution in [0.25, 0.3) is 0 Å².